The number of sulfonamides is 1. The van der Waals surface area contributed by atoms with Crippen LogP contribution in [-0.4, -0.2) is 38.9 Å². The van der Waals surface area contributed by atoms with Crippen molar-refractivity contribution in [2.75, 3.05) is 14.1 Å². The maximum atomic E-state index is 13.6. The van der Waals surface area contributed by atoms with E-state index in [-0.39, 0.29) is 15.4 Å². The average Bonchev–Trinajstić information content (AvgIpc) is 2.49. The normalized spacial score (nSPS) is 23.5. The molecule has 1 aliphatic carbocycles. The average molecular weight is 379 g/mol. The lowest BCUT2D eigenvalue weighted by Crippen LogP contribution is -2.42. The van der Waals surface area contributed by atoms with E-state index in [4.69, 9.17) is 0 Å². The lowest BCUT2D eigenvalue weighted by atomic mass is 9.91. The lowest BCUT2D eigenvalue weighted by Gasteiger charge is -2.33. The lowest BCUT2D eigenvalue weighted by molar-refractivity contribution is 0.255. The highest BCUT2D eigenvalue weighted by molar-refractivity contribution is 9.10. The third kappa shape index (κ3) is 3.64. The second-order valence-electron chi connectivity index (χ2n) is 5.39. The number of hydrogen-bond acceptors (Lipinski definition) is 3. The molecular weight excluding hydrogens is 359 g/mol. The maximum Gasteiger partial charge on any atom is 0.243 e. The van der Waals surface area contributed by atoms with Crippen LogP contribution in [0.3, 0.4) is 0 Å². The molecule has 7 heteroatoms. The van der Waals surface area contributed by atoms with Crippen molar-refractivity contribution >= 4 is 26.0 Å². The molecule has 0 bridgehead atoms. The van der Waals surface area contributed by atoms with Crippen LogP contribution < -0.4 is 5.32 Å². The molecule has 0 radical (unpaired) electrons. The maximum absolute atomic E-state index is 13.6. The SMILES string of the molecule is CNC1CCC(N(C)S(=O)(=O)c2ccc(Br)c(F)c2)CC1. The molecule has 1 fully saturated rings. The third-order valence-corrected chi connectivity index (χ3v) is 6.74. The first-order chi connectivity index (χ1) is 9.86. The fraction of sp³-hybridized carbons (Fsp3) is 0.571. The van der Waals surface area contributed by atoms with E-state index in [9.17, 15) is 12.8 Å². The van der Waals surface area contributed by atoms with Crippen molar-refractivity contribution in [1.29, 1.82) is 0 Å². The molecule has 4 nitrogen and oxygen atoms in total. The molecule has 0 spiro atoms. The number of nitrogens with one attached hydrogen (secondary N) is 1. The van der Waals surface area contributed by atoms with Crippen LogP contribution in [-0.2, 0) is 10.0 Å². The molecule has 1 aliphatic rings. The Morgan fingerprint density at radius 1 is 1.29 bits per heavy atom. The predicted molar refractivity (Wildman–Crippen MR) is 84.2 cm³/mol. The molecule has 1 saturated carbocycles. The monoisotopic (exact) mass is 378 g/mol. The second kappa shape index (κ2) is 6.73. The molecule has 0 heterocycles. The summed E-state index contributed by atoms with van der Waals surface area (Å²) >= 11 is 3.03. The molecule has 0 aliphatic heterocycles. The van der Waals surface area contributed by atoms with Crippen LogP contribution in [0, 0.1) is 5.82 Å². The number of rotatable bonds is 4. The fourth-order valence-corrected chi connectivity index (χ4v) is 4.40. The van der Waals surface area contributed by atoms with Gasteiger partial charge in [-0.25, -0.2) is 12.8 Å². The molecule has 0 saturated heterocycles. The van der Waals surface area contributed by atoms with Crippen molar-refractivity contribution in [1.82, 2.24) is 9.62 Å². The Balaban J connectivity index is 2.17. The minimum Gasteiger partial charge on any atom is -0.317 e. The van der Waals surface area contributed by atoms with E-state index >= 15 is 0 Å². The summed E-state index contributed by atoms with van der Waals surface area (Å²) in [4.78, 5) is 0.00133. The zero-order valence-electron chi connectivity index (χ0n) is 12.1. The van der Waals surface area contributed by atoms with E-state index in [0.29, 0.717) is 6.04 Å². The highest BCUT2D eigenvalue weighted by Crippen LogP contribution is 2.28. The Morgan fingerprint density at radius 3 is 2.43 bits per heavy atom. The zero-order chi connectivity index (χ0) is 15.6. The van der Waals surface area contributed by atoms with Crippen LogP contribution >= 0.6 is 15.9 Å². The van der Waals surface area contributed by atoms with Gasteiger partial charge in [0, 0.05) is 19.1 Å². The van der Waals surface area contributed by atoms with Gasteiger partial charge in [0.25, 0.3) is 0 Å². The number of benzene rings is 1. The van der Waals surface area contributed by atoms with Crippen LogP contribution in [0.5, 0.6) is 0 Å². The summed E-state index contributed by atoms with van der Waals surface area (Å²) in [6, 6.07) is 4.36. The van der Waals surface area contributed by atoms with Gasteiger partial charge in [0.1, 0.15) is 5.82 Å². The highest BCUT2D eigenvalue weighted by Gasteiger charge is 2.31. The summed E-state index contributed by atoms with van der Waals surface area (Å²) in [6.07, 6.45) is 3.55. The van der Waals surface area contributed by atoms with Crippen molar-refractivity contribution in [2.45, 2.75) is 42.7 Å². The first kappa shape index (κ1) is 16.9. The summed E-state index contributed by atoms with van der Waals surface area (Å²) in [6.45, 7) is 0. The van der Waals surface area contributed by atoms with Gasteiger partial charge >= 0.3 is 0 Å². The van der Waals surface area contributed by atoms with Crippen molar-refractivity contribution in [3.8, 4) is 0 Å². The summed E-state index contributed by atoms with van der Waals surface area (Å²) < 4.78 is 40.4. The van der Waals surface area contributed by atoms with Gasteiger partial charge in [0.15, 0.2) is 0 Å². The van der Waals surface area contributed by atoms with Gasteiger partial charge in [-0.3, -0.25) is 0 Å². The standard InChI is InChI=1S/C14H20BrFN2O2S/c1-17-10-3-5-11(6-4-10)18(2)21(19,20)12-7-8-13(15)14(16)9-12/h7-11,17H,3-6H2,1-2H3. The molecule has 0 aromatic heterocycles. The minimum absolute atomic E-state index is 0.00133. The Hall–Kier alpha value is -0.500. The predicted octanol–water partition coefficient (Wildman–Crippen LogP) is 2.74. The van der Waals surface area contributed by atoms with E-state index in [1.54, 1.807) is 7.05 Å². The molecule has 0 amide bonds. The van der Waals surface area contributed by atoms with E-state index in [1.807, 2.05) is 7.05 Å². The molecule has 21 heavy (non-hydrogen) atoms. The smallest absolute Gasteiger partial charge is 0.243 e. The zero-order valence-corrected chi connectivity index (χ0v) is 14.5. The molecular formula is C14H20BrFN2O2S. The van der Waals surface area contributed by atoms with Gasteiger partial charge in [-0.05, 0) is 66.9 Å². The van der Waals surface area contributed by atoms with Gasteiger partial charge in [-0.1, -0.05) is 0 Å². The topological polar surface area (TPSA) is 49.4 Å². The Morgan fingerprint density at radius 2 is 1.90 bits per heavy atom. The van der Waals surface area contributed by atoms with E-state index < -0.39 is 15.8 Å². The van der Waals surface area contributed by atoms with Crippen LogP contribution in [0.4, 0.5) is 4.39 Å². The highest BCUT2D eigenvalue weighted by atomic mass is 79.9. The molecule has 118 valence electrons. The molecule has 0 unspecified atom stereocenters. The quantitative estimate of drug-likeness (QED) is 0.875. The van der Waals surface area contributed by atoms with Crippen LogP contribution in [0.25, 0.3) is 0 Å². The van der Waals surface area contributed by atoms with Crippen LogP contribution in [0.1, 0.15) is 25.7 Å². The van der Waals surface area contributed by atoms with Crippen LogP contribution in [0.2, 0.25) is 0 Å². The van der Waals surface area contributed by atoms with E-state index in [1.165, 1.54) is 16.4 Å². The summed E-state index contributed by atoms with van der Waals surface area (Å²) in [5.41, 5.74) is 0. The van der Waals surface area contributed by atoms with E-state index in [0.717, 1.165) is 31.7 Å². The minimum atomic E-state index is -3.65. The van der Waals surface area contributed by atoms with Crippen molar-refractivity contribution in [3.63, 3.8) is 0 Å². The largest absolute Gasteiger partial charge is 0.317 e. The first-order valence-electron chi connectivity index (χ1n) is 6.96. The van der Waals surface area contributed by atoms with Gasteiger partial charge in [0.05, 0.1) is 9.37 Å². The number of nitrogens with zero attached hydrogens (tertiary/aromatic N) is 1. The summed E-state index contributed by atoms with van der Waals surface area (Å²) in [5.74, 6) is -0.566. The Kier molecular flexibility index (Phi) is 5.40. The number of halogens is 2. The summed E-state index contributed by atoms with van der Waals surface area (Å²) in [7, 11) is -0.140. The molecule has 2 rings (SSSR count). The van der Waals surface area contributed by atoms with Gasteiger partial charge < -0.3 is 5.32 Å². The Bertz CT molecular complexity index is 601. The van der Waals surface area contributed by atoms with Crippen molar-refractivity contribution in [2.24, 2.45) is 0 Å². The summed E-state index contributed by atoms with van der Waals surface area (Å²) in [5, 5.41) is 3.22. The second-order valence-corrected chi connectivity index (χ2v) is 8.24. The van der Waals surface area contributed by atoms with Crippen LogP contribution in [0.15, 0.2) is 27.6 Å². The van der Waals surface area contributed by atoms with Crippen molar-refractivity contribution < 1.29 is 12.8 Å². The van der Waals surface area contributed by atoms with Gasteiger partial charge in [0.2, 0.25) is 10.0 Å². The van der Waals surface area contributed by atoms with E-state index in [2.05, 4.69) is 21.2 Å². The number of hydrogen-bond donors (Lipinski definition) is 1. The third-order valence-electron chi connectivity index (χ3n) is 4.19. The molecule has 1 aromatic carbocycles. The van der Waals surface area contributed by atoms with Gasteiger partial charge in [-0.2, -0.15) is 4.31 Å². The molecule has 1 N–H and O–H groups in total. The fourth-order valence-electron chi connectivity index (χ4n) is 2.73. The van der Waals surface area contributed by atoms with Crippen molar-refractivity contribution in [3.05, 3.63) is 28.5 Å². The molecule has 1 aromatic rings. The first-order valence-corrected chi connectivity index (χ1v) is 9.20. The Labute approximate surface area is 133 Å². The van der Waals surface area contributed by atoms with Gasteiger partial charge in [-0.15, -0.1) is 0 Å². The molecule has 0 atom stereocenters.